The zero-order valence-corrected chi connectivity index (χ0v) is 16.2. The molecule has 1 amide bonds. The van der Waals surface area contributed by atoms with Gasteiger partial charge in [-0.15, -0.1) is 0 Å². The number of hydrogen-bond donors (Lipinski definition) is 1. The maximum Gasteiger partial charge on any atom is 0.344 e. The summed E-state index contributed by atoms with van der Waals surface area (Å²) in [6.07, 6.45) is 2.14. The SMILES string of the molecule is CCCC(=O)Nc1ccc(C(=O)COC(=O)COc2ccc(CC)cc2)cc1. The van der Waals surface area contributed by atoms with Gasteiger partial charge in [0.2, 0.25) is 5.91 Å². The molecule has 0 heterocycles. The van der Waals surface area contributed by atoms with Gasteiger partial charge in [0.25, 0.3) is 0 Å². The second-order valence-electron chi connectivity index (χ2n) is 6.25. The molecule has 0 radical (unpaired) electrons. The van der Waals surface area contributed by atoms with Crippen LogP contribution in [0.3, 0.4) is 0 Å². The van der Waals surface area contributed by atoms with Crippen molar-refractivity contribution in [1.82, 2.24) is 0 Å². The van der Waals surface area contributed by atoms with Crippen LogP contribution in [0, 0.1) is 0 Å². The van der Waals surface area contributed by atoms with E-state index >= 15 is 0 Å². The van der Waals surface area contributed by atoms with Gasteiger partial charge in [0.05, 0.1) is 0 Å². The van der Waals surface area contributed by atoms with Crippen LogP contribution in [0.2, 0.25) is 0 Å². The highest BCUT2D eigenvalue weighted by molar-refractivity contribution is 5.98. The minimum Gasteiger partial charge on any atom is -0.482 e. The molecule has 2 aromatic rings. The van der Waals surface area contributed by atoms with Crippen LogP contribution in [0.25, 0.3) is 0 Å². The van der Waals surface area contributed by atoms with Gasteiger partial charge in [-0.3, -0.25) is 9.59 Å². The number of anilines is 1. The van der Waals surface area contributed by atoms with Gasteiger partial charge < -0.3 is 14.8 Å². The Labute approximate surface area is 164 Å². The summed E-state index contributed by atoms with van der Waals surface area (Å²) in [4.78, 5) is 35.4. The maximum atomic E-state index is 12.1. The second-order valence-corrected chi connectivity index (χ2v) is 6.25. The molecule has 0 aliphatic heterocycles. The van der Waals surface area contributed by atoms with E-state index in [0.29, 0.717) is 23.4 Å². The summed E-state index contributed by atoms with van der Waals surface area (Å²) in [5.74, 6) is -0.440. The summed E-state index contributed by atoms with van der Waals surface area (Å²) in [5.41, 5.74) is 2.20. The highest BCUT2D eigenvalue weighted by Crippen LogP contribution is 2.13. The lowest BCUT2D eigenvalue weighted by Gasteiger charge is -2.08. The molecule has 2 rings (SSSR count). The number of ether oxygens (including phenoxy) is 2. The molecule has 0 saturated carbocycles. The van der Waals surface area contributed by atoms with Gasteiger partial charge in [-0.25, -0.2) is 4.79 Å². The van der Waals surface area contributed by atoms with E-state index in [4.69, 9.17) is 9.47 Å². The zero-order valence-electron chi connectivity index (χ0n) is 16.2. The highest BCUT2D eigenvalue weighted by Gasteiger charge is 2.11. The fourth-order valence-electron chi connectivity index (χ4n) is 2.42. The van der Waals surface area contributed by atoms with E-state index in [1.165, 1.54) is 5.56 Å². The molecule has 0 spiro atoms. The number of amides is 1. The average molecular weight is 383 g/mol. The minimum atomic E-state index is -0.614. The van der Waals surface area contributed by atoms with Crippen molar-refractivity contribution in [3.05, 3.63) is 59.7 Å². The van der Waals surface area contributed by atoms with Gasteiger partial charge in [-0.1, -0.05) is 26.0 Å². The molecule has 0 aliphatic rings. The van der Waals surface area contributed by atoms with E-state index in [1.807, 2.05) is 19.1 Å². The summed E-state index contributed by atoms with van der Waals surface area (Å²) in [7, 11) is 0. The molecule has 28 heavy (non-hydrogen) atoms. The maximum absolute atomic E-state index is 12.1. The van der Waals surface area contributed by atoms with E-state index in [2.05, 4.69) is 12.2 Å². The van der Waals surface area contributed by atoms with Crippen LogP contribution in [0.15, 0.2) is 48.5 Å². The first kappa shape index (κ1) is 21.2. The number of hydrogen-bond acceptors (Lipinski definition) is 5. The third kappa shape index (κ3) is 6.87. The van der Waals surface area contributed by atoms with Crippen molar-refractivity contribution >= 4 is 23.3 Å². The van der Waals surface area contributed by atoms with Gasteiger partial charge >= 0.3 is 5.97 Å². The molecule has 0 saturated heterocycles. The van der Waals surface area contributed by atoms with Crippen molar-refractivity contribution < 1.29 is 23.9 Å². The van der Waals surface area contributed by atoms with Crippen molar-refractivity contribution in [2.24, 2.45) is 0 Å². The number of rotatable bonds is 10. The van der Waals surface area contributed by atoms with Crippen molar-refractivity contribution in [3.8, 4) is 5.75 Å². The van der Waals surface area contributed by atoms with Crippen LogP contribution in [0.5, 0.6) is 5.75 Å². The van der Waals surface area contributed by atoms with Crippen LogP contribution in [-0.4, -0.2) is 30.9 Å². The molecule has 0 fully saturated rings. The molecule has 0 aliphatic carbocycles. The van der Waals surface area contributed by atoms with Gasteiger partial charge in [0, 0.05) is 17.7 Å². The fraction of sp³-hybridized carbons (Fsp3) is 0.318. The van der Waals surface area contributed by atoms with Crippen LogP contribution in [-0.2, 0) is 20.7 Å². The number of carbonyl (C=O) groups excluding carboxylic acids is 3. The molecule has 0 atom stereocenters. The van der Waals surface area contributed by atoms with E-state index in [0.717, 1.165) is 12.8 Å². The lowest BCUT2D eigenvalue weighted by Crippen LogP contribution is -2.19. The minimum absolute atomic E-state index is 0.0696. The van der Waals surface area contributed by atoms with Crippen LogP contribution in [0.1, 0.15) is 42.6 Å². The number of benzene rings is 2. The van der Waals surface area contributed by atoms with Gasteiger partial charge in [0.1, 0.15) is 5.75 Å². The third-order valence-electron chi connectivity index (χ3n) is 4.02. The molecular formula is C22H25NO5. The number of nitrogens with one attached hydrogen (secondary N) is 1. The molecule has 6 nitrogen and oxygen atoms in total. The van der Waals surface area contributed by atoms with Crippen LogP contribution >= 0.6 is 0 Å². The molecule has 0 aromatic heterocycles. The number of aryl methyl sites for hydroxylation is 1. The van der Waals surface area contributed by atoms with Crippen molar-refractivity contribution in [3.63, 3.8) is 0 Å². The van der Waals surface area contributed by atoms with Crippen molar-refractivity contribution in [2.45, 2.75) is 33.1 Å². The zero-order chi connectivity index (χ0) is 20.4. The predicted octanol–water partition coefficient (Wildman–Crippen LogP) is 3.79. The highest BCUT2D eigenvalue weighted by atomic mass is 16.6. The Balaban J connectivity index is 1.76. The standard InChI is InChI=1S/C22H25NO5/c1-3-5-21(25)23-18-10-8-17(9-11-18)20(24)14-28-22(26)15-27-19-12-6-16(4-2)7-13-19/h6-13H,3-5,14-15H2,1-2H3,(H,23,25). The molecule has 6 heteroatoms. The molecule has 2 aromatic carbocycles. The molecule has 1 N–H and O–H groups in total. The molecular weight excluding hydrogens is 358 g/mol. The molecule has 0 unspecified atom stereocenters. The van der Waals surface area contributed by atoms with Gasteiger partial charge in [0.15, 0.2) is 19.0 Å². The number of Topliss-reactive ketones (excluding diaryl/α,β-unsaturated/α-hetero) is 1. The lowest BCUT2D eigenvalue weighted by atomic mass is 10.1. The summed E-state index contributed by atoms with van der Waals surface area (Å²) in [5, 5.41) is 2.75. The topological polar surface area (TPSA) is 81.7 Å². The first-order chi connectivity index (χ1) is 13.5. The summed E-state index contributed by atoms with van der Waals surface area (Å²) in [6, 6.07) is 13.9. The summed E-state index contributed by atoms with van der Waals surface area (Å²) >= 11 is 0. The Hall–Kier alpha value is -3.15. The lowest BCUT2D eigenvalue weighted by molar-refractivity contribution is -0.144. The first-order valence-electron chi connectivity index (χ1n) is 9.32. The van der Waals surface area contributed by atoms with Crippen LogP contribution in [0.4, 0.5) is 5.69 Å². The normalized spacial score (nSPS) is 10.2. The van der Waals surface area contributed by atoms with Gasteiger partial charge in [-0.05, 0) is 54.8 Å². The second kappa shape index (κ2) is 10.9. The predicted molar refractivity (Wildman–Crippen MR) is 107 cm³/mol. The molecule has 0 bridgehead atoms. The summed E-state index contributed by atoms with van der Waals surface area (Å²) < 4.78 is 10.3. The van der Waals surface area contributed by atoms with E-state index in [-0.39, 0.29) is 24.9 Å². The van der Waals surface area contributed by atoms with E-state index in [9.17, 15) is 14.4 Å². The smallest absolute Gasteiger partial charge is 0.344 e. The Morgan fingerprint density at radius 3 is 2.18 bits per heavy atom. The van der Waals surface area contributed by atoms with Crippen molar-refractivity contribution in [1.29, 1.82) is 0 Å². The average Bonchev–Trinajstić information content (AvgIpc) is 2.71. The quantitative estimate of drug-likeness (QED) is 0.499. The van der Waals surface area contributed by atoms with Crippen LogP contribution < -0.4 is 10.1 Å². The van der Waals surface area contributed by atoms with Crippen molar-refractivity contribution in [2.75, 3.05) is 18.5 Å². The monoisotopic (exact) mass is 383 g/mol. The Kier molecular flexibility index (Phi) is 8.21. The third-order valence-corrected chi connectivity index (χ3v) is 4.02. The van der Waals surface area contributed by atoms with Gasteiger partial charge in [-0.2, -0.15) is 0 Å². The fourth-order valence-corrected chi connectivity index (χ4v) is 2.42. The summed E-state index contributed by atoms with van der Waals surface area (Å²) in [6.45, 7) is 3.36. The van der Waals surface area contributed by atoms with E-state index < -0.39 is 5.97 Å². The van der Waals surface area contributed by atoms with E-state index in [1.54, 1.807) is 36.4 Å². The Morgan fingerprint density at radius 1 is 0.893 bits per heavy atom. The number of carbonyl (C=O) groups is 3. The largest absolute Gasteiger partial charge is 0.482 e. The number of esters is 1. The molecule has 148 valence electrons. The first-order valence-corrected chi connectivity index (χ1v) is 9.32. The number of ketones is 1. The Bertz CT molecular complexity index is 797. The Morgan fingerprint density at radius 2 is 1.57 bits per heavy atom.